The number of ether oxygens (including phenoxy) is 2. The Kier molecular flexibility index (Phi) is 5.88. The lowest BCUT2D eigenvalue weighted by molar-refractivity contribution is -0.121. The van der Waals surface area contributed by atoms with Gasteiger partial charge in [0.1, 0.15) is 17.9 Å². The zero-order valence-electron chi connectivity index (χ0n) is 15.4. The molecular formula is C19H26N4O3. The Morgan fingerprint density at radius 2 is 2.04 bits per heavy atom. The van der Waals surface area contributed by atoms with Gasteiger partial charge in [-0.25, -0.2) is 0 Å². The van der Waals surface area contributed by atoms with Crippen LogP contribution >= 0.6 is 0 Å². The van der Waals surface area contributed by atoms with Crippen molar-refractivity contribution in [3.8, 4) is 5.75 Å². The molecule has 1 N–H and O–H groups in total. The number of aromatic nitrogens is 3. The highest BCUT2D eigenvalue weighted by molar-refractivity contribution is 5.76. The quantitative estimate of drug-likeness (QED) is 0.814. The molecule has 0 aliphatic carbocycles. The van der Waals surface area contributed by atoms with Gasteiger partial charge >= 0.3 is 0 Å². The molecular weight excluding hydrogens is 332 g/mol. The summed E-state index contributed by atoms with van der Waals surface area (Å²) in [7, 11) is 3.55. The molecule has 1 amide bonds. The normalized spacial score (nSPS) is 16.2. The van der Waals surface area contributed by atoms with Crippen LogP contribution in [-0.2, 0) is 28.4 Å². The SMILES string of the molecule is COc1ccc(C2(CNC(=O)CCc3nncn3C)CCOCC2)cc1. The van der Waals surface area contributed by atoms with E-state index in [0.717, 1.165) is 24.4 Å². The molecule has 1 aromatic carbocycles. The molecule has 1 aliphatic heterocycles. The van der Waals surface area contributed by atoms with Crippen molar-refractivity contribution < 1.29 is 14.3 Å². The highest BCUT2D eigenvalue weighted by atomic mass is 16.5. The van der Waals surface area contributed by atoms with Gasteiger partial charge in [-0.05, 0) is 30.5 Å². The molecule has 1 aromatic heterocycles. The number of benzene rings is 1. The summed E-state index contributed by atoms with van der Waals surface area (Å²) in [6, 6.07) is 8.14. The van der Waals surface area contributed by atoms with Crippen LogP contribution in [0.1, 0.15) is 30.7 Å². The first-order valence-corrected chi connectivity index (χ1v) is 8.95. The van der Waals surface area contributed by atoms with Gasteiger partial charge in [-0.1, -0.05) is 12.1 Å². The maximum atomic E-state index is 12.3. The van der Waals surface area contributed by atoms with Crippen molar-refractivity contribution in [1.82, 2.24) is 20.1 Å². The molecule has 0 unspecified atom stereocenters. The third kappa shape index (κ3) is 4.22. The average molecular weight is 358 g/mol. The van der Waals surface area contributed by atoms with E-state index < -0.39 is 0 Å². The Morgan fingerprint density at radius 1 is 1.31 bits per heavy atom. The number of hydrogen-bond donors (Lipinski definition) is 1. The monoisotopic (exact) mass is 358 g/mol. The van der Waals surface area contributed by atoms with Crippen molar-refractivity contribution in [2.24, 2.45) is 7.05 Å². The predicted octanol–water partition coefficient (Wildman–Crippen LogP) is 1.62. The largest absolute Gasteiger partial charge is 0.497 e. The molecule has 3 rings (SSSR count). The Bertz CT molecular complexity index is 721. The van der Waals surface area contributed by atoms with E-state index in [-0.39, 0.29) is 11.3 Å². The van der Waals surface area contributed by atoms with E-state index in [1.165, 1.54) is 5.56 Å². The topological polar surface area (TPSA) is 78.3 Å². The van der Waals surface area contributed by atoms with Crippen molar-refractivity contribution in [1.29, 1.82) is 0 Å². The van der Waals surface area contributed by atoms with Crippen LogP contribution in [0.2, 0.25) is 0 Å². The second-order valence-electron chi connectivity index (χ2n) is 6.76. The highest BCUT2D eigenvalue weighted by Gasteiger charge is 2.34. The molecule has 0 bridgehead atoms. The van der Waals surface area contributed by atoms with Gasteiger partial charge in [-0.15, -0.1) is 10.2 Å². The van der Waals surface area contributed by atoms with E-state index in [1.807, 2.05) is 23.7 Å². The van der Waals surface area contributed by atoms with Crippen molar-refractivity contribution in [3.63, 3.8) is 0 Å². The summed E-state index contributed by atoms with van der Waals surface area (Å²) >= 11 is 0. The lowest BCUT2D eigenvalue weighted by atomic mass is 9.74. The first-order valence-electron chi connectivity index (χ1n) is 8.95. The first kappa shape index (κ1) is 18.4. The molecule has 1 aliphatic rings. The van der Waals surface area contributed by atoms with Crippen LogP contribution in [0.3, 0.4) is 0 Å². The van der Waals surface area contributed by atoms with Gasteiger partial charge in [0.2, 0.25) is 5.91 Å². The summed E-state index contributed by atoms with van der Waals surface area (Å²) in [4.78, 5) is 12.3. The Morgan fingerprint density at radius 3 is 2.65 bits per heavy atom. The van der Waals surface area contributed by atoms with E-state index in [4.69, 9.17) is 9.47 Å². The Hall–Kier alpha value is -2.41. The van der Waals surface area contributed by atoms with Crippen LogP contribution in [0.25, 0.3) is 0 Å². The van der Waals surface area contributed by atoms with E-state index in [1.54, 1.807) is 13.4 Å². The number of rotatable bonds is 7. The Balaban J connectivity index is 1.62. The van der Waals surface area contributed by atoms with Crippen LogP contribution in [0.5, 0.6) is 5.75 Å². The van der Waals surface area contributed by atoms with Crippen molar-refractivity contribution in [2.45, 2.75) is 31.1 Å². The maximum absolute atomic E-state index is 12.3. The molecule has 140 valence electrons. The number of aryl methyl sites for hydroxylation is 2. The van der Waals surface area contributed by atoms with Crippen LogP contribution < -0.4 is 10.1 Å². The first-order chi connectivity index (χ1) is 12.6. The molecule has 26 heavy (non-hydrogen) atoms. The van der Waals surface area contributed by atoms with Crippen molar-refractivity contribution >= 4 is 5.91 Å². The van der Waals surface area contributed by atoms with E-state index in [9.17, 15) is 4.79 Å². The van der Waals surface area contributed by atoms with Crippen LogP contribution in [0.15, 0.2) is 30.6 Å². The zero-order valence-corrected chi connectivity index (χ0v) is 15.4. The summed E-state index contributed by atoms with van der Waals surface area (Å²) in [6.45, 7) is 2.03. The molecule has 1 saturated heterocycles. The zero-order chi connectivity index (χ0) is 18.4. The fourth-order valence-electron chi connectivity index (χ4n) is 3.39. The number of hydrogen-bond acceptors (Lipinski definition) is 5. The molecule has 7 nitrogen and oxygen atoms in total. The fourth-order valence-corrected chi connectivity index (χ4v) is 3.39. The molecule has 2 heterocycles. The summed E-state index contributed by atoms with van der Waals surface area (Å²) < 4.78 is 12.6. The standard InChI is InChI=1S/C19H26N4O3/c1-23-14-21-22-17(23)7-8-18(24)20-13-19(9-11-26-12-10-19)15-3-5-16(25-2)6-4-15/h3-6,14H,7-13H2,1-2H3,(H,20,24). The molecule has 0 spiro atoms. The average Bonchev–Trinajstić information content (AvgIpc) is 3.10. The summed E-state index contributed by atoms with van der Waals surface area (Å²) in [5, 5.41) is 11.0. The van der Waals surface area contributed by atoms with Gasteiger partial charge in [0, 0.05) is 45.1 Å². The maximum Gasteiger partial charge on any atom is 0.220 e. The lowest BCUT2D eigenvalue weighted by Gasteiger charge is -2.38. The molecule has 0 atom stereocenters. The van der Waals surface area contributed by atoms with Gasteiger partial charge in [0.05, 0.1) is 7.11 Å². The smallest absolute Gasteiger partial charge is 0.220 e. The minimum atomic E-state index is -0.0923. The second kappa shape index (κ2) is 8.31. The highest BCUT2D eigenvalue weighted by Crippen LogP contribution is 2.35. The number of carbonyl (C=O) groups excluding carboxylic acids is 1. The fraction of sp³-hybridized carbons (Fsp3) is 0.526. The minimum absolute atomic E-state index is 0.0346. The number of carbonyl (C=O) groups is 1. The number of nitrogens with one attached hydrogen (secondary N) is 1. The summed E-state index contributed by atoms with van der Waals surface area (Å²) in [6.07, 6.45) is 4.42. The van der Waals surface area contributed by atoms with Gasteiger partial charge < -0.3 is 19.4 Å². The van der Waals surface area contributed by atoms with Crippen LogP contribution in [0.4, 0.5) is 0 Å². The van der Waals surface area contributed by atoms with Crippen LogP contribution in [-0.4, -0.2) is 47.5 Å². The van der Waals surface area contributed by atoms with E-state index >= 15 is 0 Å². The van der Waals surface area contributed by atoms with Crippen molar-refractivity contribution in [2.75, 3.05) is 26.9 Å². The number of methoxy groups -OCH3 is 1. The molecule has 7 heteroatoms. The van der Waals surface area contributed by atoms with E-state index in [0.29, 0.717) is 32.6 Å². The predicted molar refractivity (Wildman–Crippen MR) is 97.1 cm³/mol. The number of nitrogens with zero attached hydrogens (tertiary/aromatic N) is 3. The van der Waals surface area contributed by atoms with Crippen molar-refractivity contribution in [3.05, 3.63) is 42.0 Å². The lowest BCUT2D eigenvalue weighted by Crippen LogP contribution is -2.44. The van der Waals surface area contributed by atoms with Crippen LogP contribution in [0, 0.1) is 0 Å². The third-order valence-electron chi connectivity index (χ3n) is 5.16. The third-order valence-corrected chi connectivity index (χ3v) is 5.16. The molecule has 0 saturated carbocycles. The number of amides is 1. The van der Waals surface area contributed by atoms with Gasteiger partial charge in [-0.2, -0.15) is 0 Å². The molecule has 2 aromatic rings. The van der Waals surface area contributed by atoms with Gasteiger partial charge in [0.25, 0.3) is 0 Å². The minimum Gasteiger partial charge on any atom is -0.497 e. The molecule has 1 fully saturated rings. The van der Waals surface area contributed by atoms with Gasteiger partial charge in [-0.3, -0.25) is 4.79 Å². The molecule has 0 radical (unpaired) electrons. The Labute approximate surface area is 153 Å². The summed E-state index contributed by atoms with van der Waals surface area (Å²) in [5.41, 5.74) is 1.13. The summed E-state index contributed by atoms with van der Waals surface area (Å²) in [5.74, 6) is 1.69. The van der Waals surface area contributed by atoms with Gasteiger partial charge in [0.15, 0.2) is 0 Å². The second-order valence-corrected chi connectivity index (χ2v) is 6.76. The van der Waals surface area contributed by atoms with E-state index in [2.05, 4.69) is 27.6 Å².